The molecule has 1 aromatic rings. The number of likely N-dealkylation sites (tertiary alicyclic amines) is 1. The quantitative estimate of drug-likeness (QED) is 0.756. The fraction of sp³-hybridized carbons (Fsp3) is 0.727. The van der Waals surface area contributed by atoms with E-state index in [2.05, 4.69) is 39.8 Å². The standard InChI is InChI=1S/C22H37N3O2/c1-2-23-12-14-25(15-13-23)18-21(26)19-27-22-9-7-8-20(16-22)17-24-10-5-3-4-6-11-24/h7-9,16,21,26H,2-6,10-15,17-19H2,1H3. The van der Waals surface area contributed by atoms with Crippen molar-refractivity contribution in [2.75, 3.05) is 59.0 Å². The minimum absolute atomic E-state index is 0.362. The molecular formula is C22H37N3O2. The zero-order valence-electron chi connectivity index (χ0n) is 17.0. The van der Waals surface area contributed by atoms with Gasteiger partial charge in [-0.3, -0.25) is 9.80 Å². The Bertz CT molecular complexity index is 538. The SMILES string of the molecule is CCN1CCN(CC(O)COc2cccc(CN3CCCCCC3)c2)CC1. The molecule has 2 heterocycles. The van der Waals surface area contributed by atoms with Gasteiger partial charge in [-0.05, 0) is 50.2 Å². The van der Waals surface area contributed by atoms with E-state index in [1.165, 1.54) is 44.3 Å². The van der Waals surface area contributed by atoms with Crippen LogP contribution in [0.4, 0.5) is 0 Å². The molecule has 0 spiro atoms. The fourth-order valence-corrected chi connectivity index (χ4v) is 4.12. The van der Waals surface area contributed by atoms with Gasteiger partial charge in [0.05, 0.1) is 0 Å². The molecule has 0 saturated carbocycles. The van der Waals surface area contributed by atoms with Gasteiger partial charge in [-0.25, -0.2) is 0 Å². The number of hydrogen-bond donors (Lipinski definition) is 1. The Balaban J connectivity index is 1.41. The van der Waals surface area contributed by atoms with Crippen molar-refractivity contribution in [3.8, 4) is 5.75 Å². The molecule has 0 amide bonds. The van der Waals surface area contributed by atoms with Gasteiger partial charge in [-0.15, -0.1) is 0 Å². The third-order valence-corrected chi connectivity index (χ3v) is 5.83. The van der Waals surface area contributed by atoms with E-state index in [1.54, 1.807) is 0 Å². The van der Waals surface area contributed by atoms with Crippen molar-refractivity contribution >= 4 is 0 Å². The average molecular weight is 376 g/mol. The molecule has 0 aromatic heterocycles. The van der Waals surface area contributed by atoms with Crippen molar-refractivity contribution in [1.82, 2.24) is 14.7 Å². The second kappa shape index (κ2) is 11.0. The van der Waals surface area contributed by atoms with Crippen molar-refractivity contribution in [2.24, 2.45) is 0 Å². The Morgan fingerprint density at radius 1 is 0.926 bits per heavy atom. The van der Waals surface area contributed by atoms with E-state index in [-0.39, 0.29) is 0 Å². The maximum Gasteiger partial charge on any atom is 0.119 e. The molecule has 2 fully saturated rings. The Hall–Kier alpha value is -1.14. The van der Waals surface area contributed by atoms with Crippen molar-refractivity contribution in [2.45, 2.75) is 45.3 Å². The molecule has 27 heavy (non-hydrogen) atoms. The number of aliphatic hydroxyl groups is 1. The third kappa shape index (κ3) is 7.07. The number of likely N-dealkylation sites (N-methyl/N-ethyl adjacent to an activating group) is 1. The monoisotopic (exact) mass is 375 g/mol. The number of aliphatic hydroxyl groups excluding tert-OH is 1. The highest BCUT2D eigenvalue weighted by Gasteiger charge is 2.18. The van der Waals surface area contributed by atoms with Gasteiger partial charge in [-0.2, -0.15) is 0 Å². The first-order valence-electron chi connectivity index (χ1n) is 10.8. The third-order valence-electron chi connectivity index (χ3n) is 5.83. The molecule has 0 radical (unpaired) electrons. The predicted molar refractivity (Wildman–Crippen MR) is 110 cm³/mol. The van der Waals surface area contributed by atoms with Crippen LogP contribution >= 0.6 is 0 Å². The van der Waals surface area contributed by atoms with Crippen molar-refractivity contribution in [3.63, 3.8) is 0 Å². The molecule has 2 saturated heterocycles. The second-order valence-corrected chi connectivity index (χ2v) is 8.04. The molecule has 5 heteroatoms. The minimum atomic E-state index is -0.438. The van der Waals surface area contributed by atoms with Gasteiger partial charge >= 0.3 is 0 Å². The Morgan fingerprint density at radius 2 is 1.63 bits per heavy atom. The zero-order valence-corrected chi connectivity index (χ0v) is 17.0. The van der Waals surface area contributed by atoms with E-state index in [9.17, 15) is 5.11 Å². The maximum atomic E-state index is 10.4. The molecular weight excluding hydrogens is 338 g/mol. The van der Waals surface area contributed by atoms with Gasteiger partial charge in [0, 0.05) is 39.3 Å². The van der Waals surface area contributed by atoms with Crippen LogP contribution < -0.4 is 4.74 Å². The highest BCUT2D eigenvalue weighted by Crippen LogP contribution is 2.18. The largest absolute Gasteiger partial charge is 0.491 e. The summed E-state index contributed by atoms with van der Waals surface area (Å²) < 4.78 is 5.90. The number of rotatable bonds is 8. The molecule has 1 atom stereocenters. The number of benzene rings is 1. The first-order chi connectivity index (χ1) is 13.2. The predicted octanol–water partition coefficient (Wildman–Crippen LogP) is 2.44. The lowest BCUT2D eigenvalue weighted by atomic mass is 10.2. The summed E-state index contributed by atoms with van der Waals surface area (Å²) in [5.41, 5.74) is 1.31. The number of nitrogens with zero attached hydrogens (tertiary/aromatic N) is 3. The molecule has 2 aliphatic rings. The summed E-state index contributed by atoms with van der Waals surface area (Å²) in [5, 5.41) is 10.4. The van der Waals surface area contributed by atoms with E-state index >= 15 is 0 Å². The zero-order chi connectivity index (χ0) is 18.9. The van der Waals surface area contributed by atoms with Crippen LogP contribution in [0, 0.1) is 0 Å². The van der Waals surface area contributed by atoms with E-state index in [4.69, 9.17) is 4.74 Å². The molecule has 2 aliphatic heterocycles. The van der Waals surface area contributed by atoms with E-state index in [0.717, 1.165) is 45.0 Å². The maximum absolute atomic E-state index is 10.4. The van der Waals surface area contributed by atoms with Crippen LogP contribution in [0.2, 0.25) is 0 Å². The average Bonchev–Trinajstić information content (AvgIpc) is 2.96. The van der Waals surface area contributed by atoms with Gasteiger partial charge in [-0.1, -0.05) is 31.9 Å². The lowest BCUT2D eigenvalue weighted by molar-refractivity contribution is 0.0470. The van der Waals surface area contributed by atoms with Crippen LogP contribution in [-0.4, -0.2) is 84.9 Å². The number of hydrogen-bond acceptors (Lipinski definition) is 5. The van der Waals surface area contributed by atoms with Crippen LogP contribution in [0.15, 0.2) is 24.3 Å². The van der Waals surface area contributed by atoms with Gasteiger partial charge in [0.1, 0.15) is 18.5 Å². The topological polar surface area (TPSA) is 39.2 Å². The summed E-state index contributed by atoms with van der Waals surface area (Å²) in [6.07, 6.45) is 4.92. The smallest absolute Gasteiger partial charge is 0.119 e. The van der Waals surface area contributed by atoms with Gasteiger partial charge in [0.15, 0.2) is 0 Å². The Labute approximate surface area is 164 Å². The first-order valence-corrected chi connectivity index (χ1v) is 10.8. The molecule has 1 aromatic carbocycles. The normalized spacial score (nSPS) is 21.7. The summed E-state index contributed by atoms with van der Waals surface area (Å²) >= 11 is 0. The number of β-amino-alcohol motifs (C(OH)–C–C–N with tert-alkyl or cyclic N) is 1. The summed E-state index contributed by atoms with van der Waals surface area (Å²) in [6, 6.07) is 8.39. The van der Waals surface area contributed by atoms with Gasteiger partial charge < -0.3 is 14.7 Å². The minimum Gasteiger partial charge on any atom is -0.491 e. The van der Waals surface area contributed by atoms with Crippen LogP contribution in [0.3, 0.4) is 0 Å². The summed E-state index contributed by atoms with van der Waals surface area (Å²) in [4.78, 5) is 7.35. The lowest BCUT2D eigenvalue weighted by Gasteiger charge is -2.34. The molecule has 152 valence electrons. The fourth-order valence-electron chi connectivity index (χ4n) is 4.12. The first kappa shape index (κ1) is 20.6. The van der Waals surface area contributed by atoms with Gasteiger partial charge in [0.2, 0.25) is 0 Å². The van der Waals surface area contributed by atoms with Crippen LogP contribution in [-0.2, 0) is 6.54 Å². The van der Waals surface area contributed by atoms with Crippen LogP contribution in [0.25, 0.3) is 0 Å². The van der Waals surface area contributed by atoms with E-state index in [0.29, 0.717) is 13.2 Å². The van der Waals surface area contributed by atoms with Crippen molar-refractivity contribution in [1.29, 1.82) is 0 Å². The summed E-state index contributed by atoms with van der Waals surface area (Å²) in [6.45, 7) is 12.1. The molecule has 1 N–H and O–H groups in total. The van der Waals surface area contributed by atoms with Gasteiger partial charge in [0.25, 0.3) is 0 Å². The Kier molecular flexibility index (Phi) is 8.39. The van der Waals surface area contributed by atoms with Crippen molar-refractivity contribution < 1.29 is 9.84 Å². The highest BCUT2D eigenvalue weighted by atomic mass is 16.5. The number of piperazine rings is 1. The Morgan fingerprint density at radius 3 is 2.33 bits per heavy atom. The highest BCUT2D eigenvalue weighted by molar-refractivity contribution is 5.28. The molecule has 1 unspecified atom stereocenters. The molecule has 0 bridgehead atoms. The summed E-state index contributed by atoms with van der Waals surface area (Å²) in [7, 11) is 0. The molecule has 3 rings (SSSR count). The van der Waals surface area contributed by atoms with Crippen molar-refractivity contribution in [3.05, 3.63) is 29.8 Å². The second-order valence-electron chi connectivity index (χ2n) is 8.04. The molecule has 0 aliphatic carbocycles. The lowest BCUT2D eigenvalue weighted by Crippen LogP contribution is -2.49. The molecule has 5 nitrogen and oxygen atoms in total. The van der Waals surface area contributed by atoms with Crippen LogP contribution in [0.5, 0.6) is 5.75 Å². The van der Waals surface area contributed by atoms with E-state index < -0.39 is 6.10 Å². The summed E-state index contributed by atoms with van der Waals surface area (Å²) in [5.74, 6) is 0.872. The number of ether oxygens (including phenoxy) is 1. The van der Waals surface area contributed by atoms with E-state index in [1.807, 2.05) is 6.07 Å². The van der Waals surface area contributed by atoms with Crippen LogP contribution in [0.1, 0.15) is 38.2 Å².